The van der Waals surface area contributed by atoms with Gasteiger partial charge in [0.1, 0.15) is 18.8 Å². The van der Waals surface area contributed by atoms with E-state index in [1.165, 1.54) is 13.8 Å². The van der Waals surface area contributed by atoms with Crippen molar-refractivity contribution >= 4 is 17.9 Å². The molecule has 4 fully saturated rings. The van der Waals surface area contributed by atoms with Gasteiger partial charge < -0.3 is 23.4 Å². The summed E-state index contributed by atoms with van der Waals surface area (Å²) in [6.45, 7) is 5.55. The Morgan fingerprint density at radius 2 is 2.03 bits per heavy atom. The van der Waals surface area contributed by atoms with Crippen molar-refractivity contribution in [2.75, 3.05) is 13.2 Å². The topological polar surface area (TPSA) is 105 Å². The highest BCUT2D eigenvalue weighted by atomic mass is 16.6. The summed E-state index contributed by atoms with van der Waals surface area (Å²) in [6, 6.07) is 1.83. The van der Waals surface area contributed by atoms with E-state index in [9.17, 15) is 14.4 Å². The molecule has 2 saturated carbocycles. The van der Waals surface area contributed by atoms with Gasteiger partial charge >= 0.3 is 17.9 Å². The molecule has 3 heterocycles. The van der Waals surface area contributed by atoms with Crippen LogP contribution in [0.1, 0.15) is 64.5 Å². The van der Waals surface area contributed by atoms with Gasteiger partial charge in [-0.2, -0.15) is 0 Å². The second-order valence-electron chi connectivity index (χ2n) is 10.2. The van der Waals surface area contributed by atoms with E-state index in [-0.39, 0.29) is 42.1 Å². The third-order valence-electron chi connectivity index (χ3n) is 8.42. The number of esters is 3. The number of fused-ring (bicyclic) bond motifs is 2. The molecule has 5 rings (SSSR count). The molecular formula is C24H30O8. The first-order chi connectivity index (χ1) is 15.2. The normalized spacial score (nSPS) is 42.4. The van der Waals surface area contributed by atoms with E-state index in [0.29, 0.717) is 25.9 Å². The molecule has 0 bridgehead atoms. The van der Waals surface area contributed by atoms with Gasteiger partial charge in [0, 0.05) is 31.2 Å². The lowest BCUT2D eigenvalue weighted by Crippen LogP contribution is -2.64. The SMILES string of the molecule is CC(=O)OC[C@]12CC3(CC[C@@H]1[C@@]1(C[C@H](c4ccoc4)OC1=O)[C@H](C)C[C@@H]2OC(C)=O)CO3. The van der Waals surface area contributed by atoms with Crippen LogP contribution >= 0.6 is 0 Å². The summed E-state index contributed by atoms with van der Waals surface area (Å²) in [5, 5.41) is 0. The number of hydrogen-bond donors (Lipinski definition) is 0. The Kier molecular flexibility index (Phi) is 4.93. The smallest absolute Gasteiger partial charge is 0.313 e. The van der Waals surface area contributed by atoms with E-state index < -0.39 is 22.9 Å². The molecule has 32 heavy (non-hydrogen) atoms. The Bertz CT molecular complexity index is 918. The van der Waals surface area contributed by atoms with Crippen LogP contribution in [0.15, 0.2) is 23.0 Å². The minimum Gasteiger partial charge on any atom is -0.472 e. The molecule has 0 amide bonds. The van der Waals surface area contributed by atoms with Crippen molar-refractivity contribution in [1.29, 1.82) is 0 Å². The molecule has 174 valence electrons. The standard InChI is InChI=1S/C24H30O8/c1-14-8-20(31-16(3)26)23(13-29-15(2)25)11-22(12-30-22)6-4-19(23)24(14)9-18(32-21(24)27)17-5-7-28-10-17/h5,7,10,14,18-20H,4,6,8-9,11-13H2,1-3H3/t14-,18-,19+,20+,22?,23-,24-/m1/s1. The first kappa shape index (κ1) is 21.5. The third kappa shape index (κ3) is 3.17. The Balaban J connectivity index is 1.58. The predicted octanol–water partition coefficient (Wildman–Crippen LogP) is 3.34. The highest BCUT2D eigenvalue weighted by Crippen LogP contribution is 2.68. The number of cyclic esters (lactones) is 1. The van der Waals surface area contributed by atoms with E-state index in [4.69, 9.17) is 23.4 Å². The van der Waals surface area contributed by atoms with Crippen molar-refractivity contribution in [3.05, 3.63) is 24.2 Å². The van der Waals surface area contributed by atoms with E-state index in [2.05, 4.69) is 0 Å². The lowest BCUT2D eigenvalue weighted by molar-refractivity contribution is -0.216. The molecule has 8 heteroatoms. The fourth-order valence-corrected chi connectivity index (χ4v) is 6.92. The van der Waals surface area contributed by atoms with Crippen LogP contribution in [0.4, 0.5) is 0 Å². The van der Waals surface area contributed by atoms with Gasteiger partial charge in [-0.05, 0) is 43.6 Å². The minimum absolute atomic E-state index is 0.0686. The number of carbonyl (C=O) groups excluding carboxylic acids is 3. The van der Waals surface area contributed by atoms with Gasteiger partial charge in [0.25, 0.3) is 0 Å². The lowest BCUT2D eigenvalue weighted by atomic mass is 9.44. The van der Waals surface area contributed by atoms with Crippen molar-refractivity contribution in [3.63, 3.8) is 0 Å². The molecule has 4 aliphatic rings. The predicted molar refractivity (Wildman–Crippen MR) is 109 cm³/mol. The summed E-state index contributed by atoms with van der Waals surface area (Å²) >= 11 is 0. The van der Waals surface area contributed by atoms with Crippen molar-refractivity contribution in [3.8, 4) is 0 Å². The van der Waals surface area contributed by atoms with Crippen LogP contribution in [0.2, 0.25) is 0 Å². The number of rotatable bonds is 4. The fourth-order valence-electron chi connectivity index (χ4n) is 6.92. The van der Waals surface area contributed by atoms with E-state index in [1.54, 1.807) is 12.5 Å². The van der Waals surface area contributed by atoms with Crippen LogP contribution in [-0.4, -0.2) is 42.8 Å². The molecule has 2 spiro atoms. The number of epoxide rings is 1. The Labute approximate surface area is 186 Å². The molecule has 8 nitrogen and oxygen atoms in total. The minimum atomic E-state index is -0.755. The average Bonchev–Trinajstić information content (AvgIpc) is 3.13. The van der Waals surface area contributed by atoms with Crippen molar-refractivity contribution in [1.82, 2.24) is 0 Å². The summed E-state index contributed by atoms with van der Waals surface area (Å²) in [6.07, 6.45) is 5.51. The van der Waals surface area contributed by atoms with Crippen molar-refractivity contribution < 1.29 is 37.7 Å². The fraction of sp³-hybridized carbons (Fsp3) is 0.708. The van der Waals surface area contributed by atoms with Crippen molar-refractivity contribution in [2.45, 2.75) is 70.7 Å². The number of ether oxygens (including phenoxy) is 4. The largest absolute Gasteiger partial charge is 0.472 e. The Morgan fingerprint density at radius 3 is 2.66 bits per heavy atom. The maximum atomic E-state index is 13.6. The highest BCUT2D eigenvalue weighted by Gasteiger charge is 2.72. The first-order valence-electron chi connectivity index (χ1n) is 11.4. The first-order valence-corrected chi connectivity index (χ1v) is 11.4. The number of hydrogen-bond acceptors (Lipinski definition) is 8. The molecule has 0 aromatic carbocycles. The van der Waals surface area contributed by atoms with Gasteiger partial charge in [-0.3, -0.25) is 14.4 Å². The summed E-state index contributed by atoms with van der Waals surface area (Å²) < 4.78 is 28.5. The van der Waals surface area contributed by atoms with E-state index in [0.717, 1.165) is 18.4 Å². The van der Waals surface area contributed by atoms with Crippen LogP contribution < -0.4 is 0 Å². The zero-order valence-corrected chi connectivity index (χ0v) is 18.8. The van der Waals surface area contributed by atoms with Crippen LogP contribution in [0.5, 0.6) is 0 Å². The average molecular weight is 446 g/mol. The molecule has 1 aromatic heterocycles. The van der Waals surface area contributed by atoms with Gasteiger partial charge in [-0.1, -0.05) is 6.92 Å². The number of carbonyl (C=O) groups is 3. The summed E-state index contributed by atoms with van der Waals surface area (Å²) in [4.78, 5) is 37.5. The van der Waals surface area contributed by atoms with Crippen molar-refractivity contribution in [2.24, 2.45) is 22.7 Å². The number of furan rings is 1. The molecule has 2 saturated heterocycles. The maximum absolute atomic E-state index is 13.6. The van der Waals surface area contributed by atoms with Gasteiger partial charge in [0.2, 0.25) is 0 Å². The van der Waals surface area contributed by atoms with Crippen LogP contribution in [-0.2, 0) is 33.3 Å². The quantitative estimate of drug-likeness (QED) is 0.394. The van der Waals surface area contributed by atoms with Gasteiger partial charge in [-0.25, -0.2) is 0 Å². The van der Waals surface area contributed by atoms with Crippen LogP contribution in [0.3, 0.4) is 0 Å². The second kappa shape index (κ2) is 7.33. The Hall–Kier alpha value is -2.35. The zero-order valence-electron chi connectivity index (χ0n) is 18.8. The van der Waals surface area contributed by atoms with E-state index >= 15 is 0 Å². The lowest BCUT2D eigenvalue weighted by Gasteiger charge is -2.60. The highest BCUT2D eigenvalue weighted by molar-refractivity contribution is 5.81. The molecule has 1 aromatic rings. The molecular weight excluding hydrogens is 416 g/mol. The monoisotopic (exact) mass is 446 g/mol. The summed E-state index contributed by atoms with van der Waals surface area (Å²) in [5.74, 6) is -1.22. The second-order valence-corrected chi connectivity index (χ2v) is 10.2. The summed E-state index contributed by atoms with van der Waals surface area (Å²) in [5.41, 5.74) is -0.908. The maximum Gasteiger partial charge on any atom is 0.313 e. The Morgan fingerprint density at radius 1 is 1.25 bits per heavy atom. The summed E-state index contributed by atoms with van der Waals surface area (Å²) in [7, 11) is 0. The molecule has 0 radical (unpaired) electrons. The van der Waals surface area contributed by atoms with E-state index in [1.807, 2.05) is 13.0 Å². The van der Waals surface area contributed by atoms with Gasteiger partial charge in [-0.15, -0.1) is 0 Å². The molecule has 2 aliphatic heterocycles. The molecule has 0 N–H and O–H groups in total. The third-order valence-corrected chi connectivity index (χ3v) is 8.42. The zero-order chi connectivity index (χ0) is 22.7. The van der Waals surface area contributed by atoms with Crippen LogP contribution in [0.25, 0.3) is 0 Å². The van der Waals surface area contributed by atoms with Crippen LogP contribution in [0, 0.1) is 22.7 Å². The molecule has 7 atom stereocenters. The van der Waals surface area contributed by atoms with Gasteiger partial charge in [0.05, 0.1) is 30.1 Å². The van der Waals surface area contributed by atoms with Gasteiger partial charge in [0.15, 0.2) is 0 Å². The molecule has 1 unspecified atom stereocenters. The molecule has 2 aliphatic carbocycles.